The fourth-order valence-electron chi connectivity index (χ4n) is 2.85. The van der Waals surface area contributed by atoms with Gasteiger partial charge in [0.1, 0.15) is 0 Å². The molecule has 1 aliphatic heterocycles. The summed E-state index contributed by atoms with van der Waals surface area (Å²) in [7, 11) is 1.46. The van der Waals surface area contributed by atoms with E-state index in [0.717, 1.165) is 25.1 Å². The Balaban J connectivity index is 2.19. The van der Waals surface area contributed by atoms with Crippen molar-refractivity contribution in [2.45, 2.75) is 38.0 Å². The van der Waals surface area contributed by atoms with E-state index < -0.39 is 0 Å². The van der Waals surface area contributed by atoms with E-state index in [4.69, 9.17) is 4.74 Å². The number of carbonyl (C=O) groups is 1. The summed E-state index contributed by atoms with van der Waals surface area (Å²) in [5.74, 6) is 0.298. The lowest BCUT2D eigenvalue weighted by molar-refractivity contribution is -0.142. The number of nitrogens with one attached hydrogen (secondary N) is 1. The second kappa shape index (κ2) is 6.71. The summed E-state index contributed by atoms with van der Waals surface area (Å²) in [4.78, 5) is 11.8. The molecule has 0 saturated carbocycles. The first-order valence-electron chi connectivity index (χ1n) is 7.14. The van der Waals surface area contributed by atoms with Crippen LogP contribution in [0.1, 0.15) is 49.1 Å². The molecule has 1 aliphatic rings. The molecule has 0 amide bonds. The normalized spacial score (nSPS) is 20.8. The van der Waals surface area contributed by atoms with Crippen LogP contribution in [0.15, 0.2) is 24.3 Å². The van der Waals surface area contributed by atoms with Crippen LogP contribution in [0.2, 0.25) is 0 Å². The molecule has 0 radical (unpaired) electrons. The molecule has 0 spiro atoms. The minimum Gasteiger partial charge on any atom is -0.469 e. The van der Waals surface area contributed by atoms with Gasteiger partial charge in [-0.05, 0) is 42.9 Å². The van der Waals surface area contributed by atoms with Gasteiger partial charge in [-0.1, -0.05) is 31.2 Å². The van der Waals surface area contributed by atoms with Crippen molar-refractivity contribution in [3.05, 3.63) is 35.4 Å². The summed E-state index contributed by atoms with van der Waals surface area (Å²) in [6.45, 7) is 4.19. The standard InChI is InChI=1S/C16H23NO2/c1-3-15(16(18)19-2)13-7-4-6-12(10-13)14-8-5-9-17-11-14/h4,6-7,10,14-15,17H,3,5,8-9,11H2,1-2H3. The zero-order valence-corrected chi connectivity index (χ0v) is 11.8. The van der Waals surface area contributed by atoms with E-state index in [1.165, 1.54) is 25.5 Å². The molecule has 2 unspecified atom stereocenters. The van der Waals surface area contributed by atoms with Gasteiger partial charge in [0.2, 0.25) is 0 Å². The molecule has 1 aromatic carbocycles. The smallest absolute Gasteiger partial charge is 0.313 e. The summed E-state index contributed by atoms with van der Waals surface area (Å²) < 4.78 is 4.89. The molecule has 2 rings (SSSR count). The molecule has 3 heteroatoms. The number of ether oxygens (including phenoxy) is 1. The van der Waals surface area contributed by atoms with Gasteiger partial charge >= 0.3 is 5.97 Å². The highest BCUT2D eigenvalue weighted by molar-refractivity contribution is 5.78. The number of esters is 1. The lowest BCUT2D eigenvalue weighted by Crippen LogP contribution is -2.28. The molecule has 1 N–H and O–H groups in total. The van der Waals surface area contributed by atoms with Crippen molar-refractivity contribution in [3.63, 3.8) is 0 Å². The average Bonchev–Trinajstić information content (AvgIpc) is 2.49. The van der Waals surface area contributed by atoms with Crippen molar-refractivity contribution in [1.29, 1.82) is 0 Å². The predicted octanol–water partition coefficient (Wildman–Crippen LogP) is 2.82. The first-order valence-corrected chi connectivity index (χ1v) is 7.14. The van der Waals surface area contributed by atoms with E-state index in [2.05, 4.69) is 23.5 Å². The van der Waals surface area contributed by atoms with Gasteiger partial charge in [0, 0.05) is 6.54 Å². The minimum absolute atomic E-state index is 0.138. The molecular weight excluding hydrogens is 238 g/mol. The van der Waals surface area contributed by atoms with Crippen LogP contribution in [0.3, 0.4) is 0 Å². The lowest BCUT2D eigenvalue weighted by Gasteiger charge is -2.24. The maximum absolute atomic E-state index is 11.8. The van der Waals surface area contributed by atoms with Crippen LogP contribution in [0.4, 0.5) is 0 Å². The molecule has 3 nitrogen and oxygen atoms in total. The highest BCUT2D eigenvalue weighted by Crippen LogP contribution is 2.28. The van der Waals surface area contributed by atoms with Crippen molar-refractivity contribution < 1.29 is 9.53 Å². The number of piperidine rings is 1. The van der Waals surface area contributed by atoms with Crippen molar-refractivity contribution >= 4 is 5.97 Å². The number of benzene rings is 1. The van der Waals surface area contributed by atoms with Crippen molar-refractivity contribution in [2.24, 2.45) is 0 Å². The van der Waals surface area contributed by atoms with E-state index >= 15 is 0 Å². The van der Waals surface area contributed by atoms with Crippen LogP contribution in [0.25, 0.3) is 0 Å². The van der Waals surface area contributed by atoms with E-state index in [-0.39, 0.29) is 11.9 Å². The average molecular weight is 261 g/mol. The summed E-state index contributed by atoms with van der Waals surface area (Å²) >= 11 is 0. The second-order valence-corrected chi connectivity index (χ2v) is 5.20. The molecule has 0 aliphatic carbocycles. The molecule has 2 atom stereocenters. The fourth-order valence-corrected chi connectivity index (χ4v) is 2.85. The van der Waals surface area contributed by atoms with Crippen LogP contribution in [0.5, 0.6) is 0 Å². The Bertz CT molecular complexity index is 425. The largest absolute Gasteiger partial charge is 0.469 e. The Kier molecular flexibility index (Phi) is 4.97. The molecule has 1 aromatic rings. The highest BCUT2D eigenvalue weighted by Gasteiger charge is 2.21. The third kappa shape index (κ3) is 3.35. The number of hydrogen-bond donors (Lipinski definition) is 1. The summed E-state index contributed by atoms with van der Waals surface area (Å²) in [5.41, 5.74) is 2.42. The molecule has 1 fully saturated rings. The summed E-state index contributed by atoms with van der Waals surface area (Å²) in [5, 5.41) is 3.44. The molecule has 1 heterocycles. The number of methoxy groups -OCH3 is 1. The van der Waals surface area contributed by atoms with Crippen molar-refractivity contribution in [3.8, 4) is 0 Å². The Morgan fingerprint density at radius 3 is 3.00 bits per heavy atom. The molecule has 0 bridgehead atoms. The topological polar surface area (TPSA) is 38.3 Å². The first-order chi connectivity index (χ1) is 9.26. The molecule has 19 heavy (non-hydrogen) atoms. The lowest BCUT2D eigenvalue weighted by atomic mass is 9.88. The fraction of sp³-hybridized carbons (Fsp3) is 0.562. The Hall–Kier alpha value is -1.35. The maximum atomic E-state index is 11.8. The van der Waals surface area contributed by atoms with Crippen LogP contribution in [-0.2, 0) is 9.53 Å². The van der Waals surface area contributed by atoms with Crippen LogP contribution >= 0.6 is 0 Å². The van der Waals surface area contributed by atoms with Crippen LogP contribution in [-0.4, -0.2) is 26.2 Å². The van der Waals surface area contributed by atoms with Gasteiger partial charge in [0.15, 0.2) is 0 Å². The van der Waals surface area contributed by atoms with Gasteiger partial charge in [0.05, 0.1) is 13.0 Å². The van der Waals surface area contributed by atoms with Crippen molar-refractivity contribution in [2.75, 3.05) is 20.2 Å². The SMILES string of the molecule is CCC(C(=O)OC)c1cccc(C2CCCNC2)c1. The van der Waals surface area contributed by atoms with Gasteiger partial charge < -0.3 is 10.1 Å². The Morgan fingerprint density at radius 1 is 1.53 bits per heavy atom. The first kappa shape index (κ1) is 14.1. The van der Waals surface area contributed by atoms with E-state index in [0.29, 0.717) is 5.92 Å². The highest BCUT2D eigenvalue weighted by atomic mass is 16.5. The number of rotatable bonds is 4. The van der Waals surface area contributed by atoms with Gasteiger partial charge in [-0.15, -0.1) is 0 Å². The minimum atomic E-state index is -0.138. The third-order valence-corrected chi connectivity index (χ3v) is 3.98. The second-order valence-electron chi connectivity index (χ2n) is 5.20. The molecule has 1 saturated heterocycles. The zero-order valence-electron chi connectivity index (χ0n) is 11.8. The summed E-state index contributed by atoms with van der Waals surface area (Å²) in [6, 6.07) is 8.45. The maximum Gasteiger partial charge on any atom is 0.313 e. The van der Waals surface area contributed by atoms with Crippen LogP contribution < -0.4 is 5.32 Å². The van der Waals surface area contributed by atoms with E-state index in [1.54, 1.807) is 0 Å². The zero-order chi connectivity index (χ0) is 13.7. The van der Waals surface area contributed by atoms with Gasteiger partial charge in [-0.25, -0.2) is 0 Å². The van der Waals surface area contributed by atoms with Gasteiger partial charge in [-0.2, -0.15) is 0 Å². The van der Waals surface area contributed by atoms with Gasteiger partial charge in [-0.3, -0.25) is 4.79 Å². The van der Waals surface area contributed by atoms with E-state index in [9.17, 15) is 4.79 Å². The third-order valence-electron chi connectivity index (χ3n) is 3.98. The predicted molar refractivity (Wildman–Crippen MR) is 76.3 cm³/mol. The Labute approximate surface area is 115 Å². The van der Waals surface area contributed by atoms with Crippen molar-refractivity contribution in [1.82, 2.24) is 5.32 Å². The summed E-state index contributed by atoms with van der Waals surface area (Å²) in [6.07, 6.45) is 3.23. The number of carbonyl (C=O) groups excluding carboxylic acids is 1. The van der Waals surface area contributed by atoms with Gasteiger partial charge in [0.25, 0.3) is 0 Å². The monoisotopic (exact) mass is 261 g/mol. The van der Waals surface area contributed by atoms with Crippen LogP contribution in [0, 0.1) is 0 Å². The molecule has 0 aromatic heterocycles. The molecular formula is C16H23NO2. The quantitative estimate of drug-likeness (QED) is 0.847. The van der Waals surface area contributed by atoms with E-state index in [1.807, 2.05) is 13.0 Å². The Morgan fingerprint density at radius 2 is 2.37 bits per heavy atom. The number of hydrogen-bond acceptors (Lipinski definition) is 3. The molecule has 104 valence electrons.